The van der Waals surface area contributed by atoms with Gasteiger partial charge < -0.3 is 0 Å². The van der Waals surface area contributed by atoms with E-state index >= 15 is 0 Å². The number of hydrogen-bond donors (Lipinski definition) is 2. The summed E-state index contributed by atoms with van der Waals surface area (Å²) in [5.74, 6) is -0.314. The number of para-hydroxylation sites is 1. The molecule has 1 amide bonds. The number of benzene rings is 2. The van der Waals surface area contributed by atoms with Gasteiger partial charge in [-0.3, -0.25) is 14.8 Å². The zero-order valence-electron chi connectivity index (χ0n) is 15.0. The highest BCUT2D eigenvalue weighted by atomic mass is 32.2. The second-order valence-corrected chi connectivity index (χ2v) is 7.95. The third-order valence-corrected chi connectivity index (χ3v) is 5.33. The lowest BCUT2D eigenvalue weighted by Gasteiger charge is -2.11. The first-order valence-corrected chi connectivity index (χ1v) is 9.86. The highest BCUT2D eigenvalue weighted by molar-refractivity contribution is 7.89. The van der Waals surface area contributed by atoms with E-state index in [1.165, 1.54) is 24.7 Å². The normalized spacial score (nSPS) is 11.5. The molecule has 3 rings (SSSR count). The summed E-state index contributed by atoms with van der Waals surface area (Å²) >= 11 is 0. The fourth-order valence-corrected chi connectivity index (χ4v) is 3.37. The zero-order valence-corrected chi connectivity index (χ0v) is 15.8. The monoisotopic (exact) mass is 384 g/mol. The maximum atomic E-state index is 12.4. The number of nitrogens with one attached hydrogen (secondary N) is 2. The van der Waals surface area contributed by atoms with Gasteiger partial charge in [0.05, 0.1) is 17.4 Å². The Morgan fingerprint density at radius 3 is 2.33 bits per heavy atom. The summed E-state index contributed by atoms with van der Waals surface area (Å²) in [7, 11) is -3.88. The minimum absolute atomic E-state index is 0.0729. The molecule has 0 saturated carbocycles. The van der Waals surface area contributed by atoms with Gasteiger partial charge in [-0.15, -0.1) is 4.83 Å². The van der Waals surface area contributed by atoms with Crippen LogP contribution in [0.4, 0.5) is 0 Å². The van der Waals surface area contributed by atoms with Gasteiger partial charge in [-0.2, -0.15) is 0 Å². The Hall–Kier alpha value is -2.97. The molecule has 0 atom stereocenters. The number of sulfonamides is 1. The molecule has 7 nitrogen and oxygen atoms in total. The van der Waals surface area contributed by atoms with Crippen LogP contribution < -0.4 is 10.3 Å². The van der Waals surface area contributed by atoms with Gasteiger partial charge in [-0.1, -0.05) is 44.2 Å². The standard InChI is InChI=1S/C19H20N4O3S/c1-14(2)15-8-10-17(11-9-15)27(25,26)22-21-19(24)18-12-20-13-23(18)16-6-4-3-5-7-16/h3-14,22H,1-2H3,(H,21,24). The maximum absolute atomic E-state index is 12.4. The predicted octanol–water partition coefficient (Wildman–Crippen LogP) is 2.62. The van der Waals surface area contributed by atoms with Crippen molar-refractivity contribution in [3.63, 3.8) is 0 Å². The summed E-state index contributed by atoms with van der Waals surface area (Å²) in [5.41, 5.74) is 4.22. The number of imidazole rings is 1. The highest BCUT2D eigenvalue weighted by Crippen LogP contribution is 2.17. The first-order chi connectivity index (χ1) is 12.9. The summed E-state index contributed by atoms with van der Waals surface area (Å²) < 4.78 is 26.4. The van der Waals surface area contributed by atoms with Crippen LogP contribution in [0.2, 0.25) is 0 Å². The third kappa shape index (κ3) is 4.24. The Kier molecular flexibility index (Phi) is 5.38. The maximum Gasteiger partial charge on any atom is 0.284 e. The number of nitrogens with zero attached hydrogens (tertiary/aromatic N) is 2. The van der Waals surface area contributed by atoms with E-state index in [4.69, 9.17) is 0 Å². The minimum atomic E-state index is -3.88. The second-order valence-electron chi connectivity index (χ2n) is 6.27. The molecular formula is C19H20N4O3S. The summed E-state index contributed by atoms with van der Waals surface area (Å²) in [4.78, 5) is 18.6. The number of hydrazine groups is 1. The lowest BCUT2D eigenvalue weighted by Crippen LogP contribution is -2.42. The molecule has 0 spiro atoms. The molecule has 0 bridgehead atoms. The van der Waals surface area contributed by atoms with E-state index < -0.39 is 15.9 Å². The van der Waals surface area contributed by atoms with Crippen LogP contribution in [0.15, 0.2) is 72.0 Å². The fourth-order valence-electron chi connectivity index (χ4n) is 2.53. The number of carbonyl (C=O) groups excluding carboxylic acids is 1. The zero-order chi connectivity index (χ0) is 19.4. The second kappa shape index (κ2) is 7.73. The molecule has 140 valence electrons. The van der Waals surface area contributed by atoms with Gasteiger partial charge in [-0.05, 0) is 35.7 Å². The molecule has 3 aromatic rings. The van der Waals surface area contributed by atoms with Crippen molar-refractivity contribution in [3.8, 4) is 5.69 Å². The van der Waals surface area contributed by atoms with Crippen molar-refractivity contribution in [2.24, 2.45) is 0 Å². The van der Waals surface area contributed by atoms with Crippen LogP contribution in [0.1, 0.15) is 35.8 Å². The van der Waals surface area contributed by atoms with Gasteiger partial charge in [0.1, 0.15) is 5.69 Å². The molecule has 0 fully saturated rings. The number of rotatable bonds is 6. The Morgan fingerprint density at radius 1 is 1.04 bits per heavy atom. The summed E-state index contributed by atoms with van der Waals surface area (Å²) in [6, 6.07) is 15.7. The van der Waals surface area contributed by atoms with Crippen molar-refractivity contribution in [2.45, 2.75) is 24.7 Å². The van der Waals surface area contributed by atoms with Crippen molar-refractivity contribution in [1.29, 1.82) is 0 Å². The lowest BCUT2D eigenvalue weighted by atomic mass is 10.0. The minimum Gasteiger partial charge on any atom is -0.295 e. The molecule has 2 N–H and O–H groups in total. The van der Waals surface area contributed by atoms with Gasteiger partial charge >= 0.3 is 0 Å². The average Bonchev–Trinajstić information content (AvgIpc) is 3.17. The van der Waals surface area contributed by atoms with E-state index in [0.717, 1.165) is 11.3 Å². The van der Waals surface area contributed by atoms with Gasteiger partial charge in [-0.25, -0.2) is 13.4 Å². The van der Waals surface area contributed by atoms with Crippen LogP contribution in [-0.4, -0.2) is 23.9 Å². The van der Waals surface area contributed by atoms with E-state index in [1.807, 2.05) is 44.2 Å². The van der Waals surface area contributed by atoms with Crippen LogP contribution in [0.25, 0.3) is 5.69 Å². The van der Waals surface area contributed by atoms with Crippen LogP contribution in [0.3, 0.4) is 0 Å². The van der Waals surface area contributed by atoms with Crippen molar-refractivity contribution < 1.29 is 13.2 Å². The smallest absolute Gasteiger partial charge is 0.284 e. The largest absolute Gasteiger partial charge is 0.295 e. The molecule has 1 heterocycles. The molecule has 0 aliphatic carbocycles. The first-order valence-electron chi connectivity index (χ1n) is 8.38. The molecule has 1 aromatic heterocycles. The Bertz CT molecular complexity index is 1030. The molecule has 0 aliphatic rings. The van der Waals surface area contributed by atoms with E-state index in [-0.39, 0.29) is 10.6 Å². The van der Waals surface area contributed by atoms with Gasteiger partial charge in [0.2, 0.25) is 0 Å². The van der Waals surface area contributed by atoms with Crippen molar-refractivity contribution >= 4 is 15.9 Å². The van der Waals surface area contributed by atoms with Crippen molar-refractivity contribution in [2.75, 3.05) is 0 Å². The molecule has 2 aromatic carbocycles. The summed E-state index contributed by atoms with van der Waals surface area (Å²) in [5, 5.41) is 0. The van der Waals surface area contributed by atoms with E-state index in [1.54, 1.807) is 16.7 Å². The molecule has 0 saturated heterocycles. The summed E-state index contributed by atoms with van der Waals surface area (Å²) in [6.07, 6.45) is 2.86. The SMILES string of the molecule is CC(C)c1ccc(S(=O)(=O)NNC(=O)c2cncn2-c2ccccc2)cc1. The quantitative estimate of drug-likeness (QED) is 0.639. The van der Waals surface area contributed by atoms with E-state index in [2.05, 4.69) is 15.2 Å². The van der Waals surface area contributed by atoms with Crippen LogP contribution in [0, 0.1) is 0 Å². The molecule has 0 unspecified atom stereocenters. The number of amides is 1. The number of aromatic nitrogens is 2. The van der Waals surface area contributed by atoms with E-state index in [9.17, 15) is 13.2 Å². The van der Waals surface area contributed by atoms with Gasteiger partial charge in [0.25, 0.3) is 15.9 Å². The lowest BCUT2D eigenvalue weighted by molar-refractivity contribution is 0.0938. The molecular weight excluding hydrogens is 364 g/mol. The van der Waals surface area contributed by atoms with E-state index in [0.29, 0.717) is 5.92 Å². The Morgan fingerprint density at radius 2 is 1.70 bits per heavy atom. The van der Waals surface area contributed by atoms with Gasteiger partial charge in [0, 0.05) is 5.69 Å². The number of carbonyl (C=O) groups is 1. The van der Waals surface area contributed by atoms with Crippen molar-refractivity contribution in [1.82, 2.24) is 19.8 Å². The third-order valence-electron chi connectivity index (χ3n) is 4.06. The van der Waals surface area contributed by atoms with Gasteiger partial charge in [0.15, 0.2) is 0 Å². The number of hydrogen-bond acceptors (Lipinski definition) is 4. The van der Waals surface area contributed by atoms with Crippen molar-refractivity contribution in [3.05, 3.63) is 78.4 Å². The molecule has 27 heavy (non-hydrogen) atoms. The first kappa shape index (κ1) is 18.8. The Balaban J connectivity index is 1.73. The topological polar surface area (TPSA) is 93.1 Å². The Labute approximate surface area is 158 Å². The molecule has 0 aliphatic heterocycles. The highest BCUT2D eigenvalue weighted by Gasteiger charge is 2.18. The van der Waals surface area contributed by atoms with Crippen LogP contribution in [0.5, 0.6) is 0 Å². The summed E-state index contributed by atoms with van der Waals surface area (Å²) in [6.45, 7) is 4.05. The molecule has 8 heteroatoms. The predicted molar refractivity (Wildman–Crippen MR) is 102 cm³/mol. The van der Waals surface area contributed by atoms with Crippen LogP contribution >= 0.6 is 0 Å². The average molecular weight is 384 g/mol. The van der Waals surface area contributed by atoms with Crippen LogP contribution in [-0.2, 0) is 10.0 Å². The fraction of sp³-hybridized carbons (Fsp3) is 0.158. The molecule has 0 radical (unpaired) electrons.